The number of nitro groups is 1. The summed E-state index contributed by atoms with van der Waals surface area (Å²) in [4.78, 5) is 45.1. The van der Waals surface area contributed by atoms with Crippen LogP contribution < -0.4 is 14.9 Å². The Labute approximate surface area is 244 Å². The maximum absolute atomic E-state index is 13.9. The third-order valence-electron chi connectivity index (χ3n) is 7.07. The third-order valence-corrected chi connectivity index (χ3v) is 8.31. The van der Waals surface area contributed by atoms with Gasteiger partial charge in [0, 0.05) is 41.9 Å². The number of halogens is 1. The molecule has 1 aliphatic rings. The monoisotopic (exact) mass is 590 g/mol. The summed E-state index contributed by atoms with van der Waals surface area (Å²) >= 11 is 7.38. The second-order valence-corrected chi connectivity index (χ2v) is 11.0. The standard InChI is InChI=1S/C30H27ClN4O5S/c1-5-33(6-2)29(37)26-18(4)32-30-34(27(26)19-7-9-20(31)10-8-19)28(36)25(41-30)16-22-12-14-24(40-22)23-13-11-21(35(38)39)15-17(23)3/h7-16,27H,5-6H2,1-4H3/b25-16+/t27-/m0/s1. The highest BCUT2D eigenvalue weighted by molar-refractivity contribution is 7.07. The molecule has 210 valence electrons. The molecule has 9 nitrogen and oxygen atoms in total. The van der Waals surface area contributed by atoms with Crippen molar-refractivity contribution in [2.75, 3.05) is 13.1 Å². The van der Waals surface area contributed by atoms with Gasteiger partial charge in [0.1, 0.15) is 11.5 Å². The smallest absolute Gasteiger partial charge is 0.271 e. The minimum atomic E-state index is -0.673. The van der Waals surface area contributed by atoms with E-state index in [1.165, 1.54) is 23.5 Å². The Morgan fingerprint density at radius 1 is 1.15 bits per heavy atom. The van der Waals surface area contributed by atoms with Crippen LogP contribution in [0, 0.1) is 17.0 Å². The van der Waals surface area contributed by atoms with Crippen molar-refractivity contribution in [2.24, 2.45) is 4.99 Å². The number of hydrogen-bond donors (Lipinski definition) is 0. The van der Waals surface area contributed by atoms with E-state index in [-0.39, 0.29) is 17.2 Å². The molecule has 0 N–H and O–H groups in total. The fraction of sp³-hybridized carbons (Fsp3) is 0.233. The van der Waals surface area contributed by atoms with Gasteiger partial charge in [-0.15, -0.1) is 0 Å². The van der Waals surface area contributed by atoms with Crippen LogP contribution in [0.3, 0.4) is 0 Å². The van der Waals surface area contributed by atoms with Crippen LogP contribution in [0.25, 0.3) is 17.4 Å². The first-order chi connectivity index (χ1) is 19.6. The van der Waals surface area contributed by atoms with E-state index < -0.39 is 11.0 Å². The molecule has 2 aromatic carbocycles. The third kappa shape index (κ3) is 5.28. The molecule has 0 aliphatic carbocycles. The summed E-state index contributed by atoms with van der Waals surface area (Å²) in [6, 6.07) is 14.5. The zero-order chi connectivity index (χ0) is 29.4. The summed E-state index contributed by atoms with van der Waals surface area (Å²) in [5, 5.41) is 11.7. The van der Waals surface area contributed by atoms with Crippen molar-refractivity contribution in [1.82, 2.24) is 9.47 Å². The Hall–Kier alpha value is -4.28. The highest BCUT2D eigenvalue weighted by atomic mass is 35.5. The highest BCUT2D eigenvalue weighted by Gasteiger charge is 2.34. The van der Waals surface area contributed by atoms with Crippen LogP contribution in [-0.4, -0.2) is 33.4 Å². The number of allylic oxidation sites excluding steroid dienone is 1. The number of aromatic nitrogens is 1. The van der Waals surface area contributed by atoms with Gasteiger partial charge in [0.25, 0.3) is 17.2 Å². The second kappa shape index (κ2) is 11.3. The predicted molar refractivity (Wildman–Crippen MR) is 159 cm³/mol. The van der Waals surface area contributed by atoms with Crippen molar-refractivity contribution < 1.29 is 14.1 Å². The normalized spacial score (nSPS) is 15.0. The van der Waals surface area contributed by atoms with Gasteiger partial charge >= 0.3 is 0 Å². The lowest BCUT2D eigenvalue weighted by Crippen LogP contribution is -2.43. The molecule has 0 spiro atoms. The van der Waals surface area contributed by atoms with E-state index in [1.807, 2.05) is 26.0 Å². The zero-order valence-electron chi connectivity index (χ0n) is 22.9. The number of non-ortho nitro benzene ring substituents is 1. The number of carbonyl (C=O) groups is 1. The van der Waals surface area contributed by atoms with Crippen molar-refractivity contribution in [3.8, 4) is 11.3 Å². The summed E-state index contributed by atoms with van der Waals surface area (Å²) in [6.45, 7) is 8.46. The maximum Gasteiger partial charge on any atom is 0.271 e. The van der Waals surface area contributed by atoms with Crippen LogP contribution in [0.4, 0.5) is 5.69 Å². The van der Waals surface area contributed by atoms with Crippen molar-refractivity contribution in [3.63, 3.8) is 0 Å². The number of benzene rings is 2. The maximum atomic E-state index is 13.9. The zero-order valence-corrected chi connectivity index (χ0v) is 24.5. The van der Waals surface area contributed by atoms with Gasteiger partial charge in [-0.3, -0.25) is 24.3 Å². The average molecular weight is 591 g/mol. The Bertz CT molecular complexity index is 1880. The number of likely N-dealkylation sites (N-methyl/N-ethyl adjacent to an activating group) is 1. The summed E-state index contributed by atoms with van der Waals surface area (Å²) in [5.74, 6) is 0.805. The Kier molecular flexibility index (Phi) is 7.79. The molecule has 41 heavy (non-hydrogen) atoms. The molecule has 0 fully saturated rings. The highest BCUT2D eigenvalue weighted by Crippen LogP contribution is 2.32. The lowest BCUT2D eigenvalue weighted by molar-refractivity contribution is -0.384. The SMILES string of the molecule is CCN(CC)C(=O)C1=C(C)N=c2s/c(=C/c3ccc(-c4ccc([N+](=O)[O-])cc4C)o3)c(=O)n2[C@H]1c1ccc(Cl)cc1. The van der Waals surface area contributed by atoms with Crippen LogP contribution in [0.2, 0.25) is 5.02 Å². The molecule has 0 unspecified atom stereocenters. The molecule has 4 aromatic rings. The quantitative estimate of drug-likeness (QED) is 0.216. The fourth-order valence-corrected chi connectivity index (χ4v) is 6.13. The van der Waals surface area contributed by atoms with E-state index >= 15 is 0 Å². The Morgan fingerprint density at radius 2 is 1.85 bits per heavy atom. The first kappa shape index (κ1) is 28.3. The van der Waals surface area contributed by atoms with Gasteiger partial charge in [-0.25, -0.2) is 4.99 Å². The summed E-state index contributed by atoms with van der Waals surface area (Å²) < 4.78 is 7.98. The predicted octanol–water partition coefficient (Wildman–Crippen LogP) is 5.23. The van der Waals surface area contributed by atoms with Crippen LogP contribution >= 0.6 is 22.9 Å². The minimum absolute atomic E-state index is 0.00326. The van der Waals surface area contributed by atoms with Gasteiger partial charge in [-0.1, -0.05) is 35.1 Å². The van der Waals surface area contributed by atoms with E-state index in [1.54, 1.807) is 59.7 Å². The number of furan rings is 1. The fourth-order valence-electron chi connectivity index (χ4n) is 4.98. The van der Waals surface area contributed by atoms with Crippen molar-refractivity contribution in [3.05, 3.63) is 118 Å². The lowest BCUT2D eigenvalue weighted by atomic mass is 9.94. The van der Waals surface area contributed by atoms with Gasteiger partial charge < -0.3 is 9.32 Å². The number of rotatable bonds is 7. The van der Waals surface area contributed by atoms with Crippen molar-refractivity contribution >= 4 is 40.6 Å². The molecule has 2 aromatic heterocycles. The first-order valence-corrected chi connectivity index (χ1v) is 14.2. The van der Waals surface area contributed by atoms with Gasteiger partial charge in [0.15, 0.2) is 4.80 Å². The number of nitrogens with zero attached hydrogens (tertiary/aromatic N) is 4. The number of aryl methyl sites for hydroxylation is 1. The van der Waals surface area contributed by atoms with Gasteiger partial charge in [-0.2, -0.15) is 0 Å². The summed E-state index contributed by atoms with van der Waals surface area (Å²) in [6.07, 6.45) is 1.65. The molecule has 1 atom stereocenters. The van der Waals surface area contributed by atoms with Gasteiger partial charge in [-0.05, 0) is 69.2 Å². The van der Waals surface area contributed by atoms with E-state index in [4.69, 9.17) is 16.0 Å². The summed E-state index contributed by atoms with van der Waals surface area (Å²) in [7, 11) is 0. The Morgan fingerprint density at radius 3 is 2.49 bits per heavy atom. The number of nitro benzene ring substituents is 1. The van der Waals surface area contributed by atoms with E-state index in [2.05, 4.69) is 4.99 Å². The number of thiazole rings is 1. The van der Waals surface area contributed by atoms with Crippen LogP contribution in [0.5, 0.6) is 0 Å². The Balaban J connectivity index is 1.62. The first-order valence-electron chi connectivity index (χ1n) is 13.1. The topological polar surface area (TPSA) is 111 Å². The van der Waals surface area contributed by atoms with Gasteiger partial charge in [0.05, 0.1) is 26.8 Å². The van der Waals surface area contributed by atoms with Gasteiger partial charge in [0.2, 0.25) is 0 Å². The molecule has 0 saturated heterocycles. The van der Waals surface area contributed by atoms with Crippen LogP contribution in [0.15, 0.2) is 80.1 Å². The second-order valence-electron chi connectivity index (χ2n) is 9.57. The molecule has 5 rings (SSSR count). The van der Waals surface area contributed by atoms with E-state index in [9.17, 15) is 19.7 Å². The van der Waals surface area contributed by atoms with E-state index in [0.717, 1.165) is 11.1 Å². The van der Waals surface area contributed by atoms with Crippen molar-refractivity contribution in [2.45, 2.75) is 33.7 Å². The number of carbonyl (C=O) groups excluding carboxylic acids is 1. The molecular formula is C30H27ClN4O5S. The average Bonchev–Trinajstić information content (AvgIpc) is 3.53. The molecule has 0 bridgehead atoms. The largest absolute Gasteiger partial charge is 0.457 e. The van der Waals surface area contributed by atoms with Crippen molar-refractivity contribution in [1.29, 1.82) is 0 Å². The lowest BCUT2D eigenvalue weighted by Gasteiger charge is -2.29. The molecular weight excluding hydrogens is 564 g/mol. The van der Waals surface area contributed by atoms with Crippen LogP contribution in [-0.2, 0) is 4.79 Å². The molecule has 1 amide bonds. The minimum Gasteiger partial charge on any atom is -0.457 e. The molecule has 0 saturated carbocycles. The van der Waals surface area contributed by atoms with E-state index in [0.29, 0.717) is 55.8 Å². The molecule has 11 heteroatoms. The molecule has 0 radical (unpaired) electrons. The summed E-state index contributed by atoms with van der Waals surface area (Å²) in [5.41, 5.74) is 2.88. The number of amides is 1. The number of fused-ring (bicyclic) bond motifs is 1. The number of hydrogen-bond acceptors (Lipinski definition) is 7. The molecule has 3 heterocycles. The van der Waals surface area contributed by atoms with Crippen LogP contribution in [0.1, 0.15) is 43.7 Å². The molecule has 1 aliphatic heterocycles.